The molecule has 0 saturated heterocycles. The summed E-state index contributed by atoms with van der Waals surface area (Å²) < 4.78 is 14.9. The number of aromatic amines is 1. The van der Waals surface area contributed by atoms with E-state index >= 15 is 0 Å². The molecule has 0 fully saturated rings. The molecule has 0 aliphatic carbocycles. The van der Waals surface area contributed by atoms with E-state index in [9.17, 15) is 4.39 Å². The fourth-order valence-electron chi connectivity index (χ4n) is 2.30. The fraction of sp³-hybridized carbons (Fsp3) is 0. The van der Waals surface area contributed by atoms with E-state index in [2.05, 4.69) is 15.1 Å². The zero-order valence-electron chi connectivity index (χ0n) is 11.0. The van der Waals surface area contributed by atoms with Crippen molar-refractivity contribution in [3.05, 3.63) is 66.7 Å². The monoisotopic (exact) mass is 278 g/mol. The Labute approximate surface area is 119 Å². The van der Waals surface area contributed by atoms with Gasteiger partial charge in [0.1, 0.15) is 5.82 Å². The molecular formula is C16H11FN4. The molecule has 4 rings (SSSR count). The Morgan fingerprint density at radius 1 is 1.00 bits per heavy atom. The van der Waals surface area contributed by atoms with Crippen molar-refractivity contribution in [3.8, 4) is 17.1 Å². The van der Waals surface area contributed by atoms with Gasteiger partial charge in [0.25, 0.3) is 0 Å². The molecule has 4 aromatic rings. The summed E-state index contributed by atoms with van der Waals surface area (Å²) in [5.74, 6) is 0.378. The quantitative estimate of drug-likeness (QED) is 0.609. The molecule has 2 aromatic carbocycles. The largest absolute Gasteiger partial charge is 0.322 e. The second-order valence-corrected chi connectivity index (χ2v) is 4.76. The zero-order chi connectivity index (χ0) is 14.2. The van der Waals surface area contributed by atoms with Crippen molar-refractivity contribution < 1.29 is 4.39 Å². The van der Waals surface area contributed by atoms with Gasteiger partial charge >= 0.3 is 0 Å². The molecule has 4 nitrogen and oxygen atoms in total. The van der Waals surface area contributed by atoms with Crippen molar-refractivity contribution >= 4 is 11.0 Å². The number of aromatic nitrogens is 4. The third-order valence-corrected chi connectivity index (χ3v) is 3.33. The van der Waals surface area contributed by atoms with Crippen LogP contribution in [0.3, 0.4) is 0 Å². The maximum absolute atomic E-state index is 13.3. The molecule has 0 aliphatic rings. The summed E-state index contributed by atoms with van der Waals surface area (Å²) in [7, 11) is 0. The first kappa shape index (κ1) is 11.8. The topological polar surface area (TPSA) is 46.5 Å². The number of nitrogens with zero attached hydrogens (tertiary/aromatic N) is 3. The SMILES string of the molecule is Fc1cccc(-c2cnn(-c3nc4ccccc4[nH]3)c2)c1. The Bertz CT molecular complexity index is 890. The molecule has 2 heterocycles. The standard InChI is InChI=1S/C16H11FN4/c17-13-5-3-4-11(8-13)12-9-18-21(10-12)16-19-14-6-1-2-7-15(14)20-16/h1-10H,(H,19,20). The number of H-pyrrole nitrogens is 1. The number of hydrogen-bond acceptors (Lipinski definition) is 2. The van der Waals surface area contributed by atoms with Gasteiger partial charge in [0.05, 0.1) is 17.2 Å². The molecular weight excluding hydrogens is 267 g/mol. The van der Waals surface area contributed by atoms with E-state index in [1.54, 1.807) is 16.9 Å². The second-order valence-electron chi connectivity index (χ2n) is 4.76. The normalized spacial score (nSPS) is 11.1. The van der Waals surface area contributed by atoms with Crippen molar-refractivity contribution in [2.45, 2.75) is 0 Å². The third kappa shape index (κ3) is 2.08. The van der Waals surface area contributed by atoms with Crippen LogP contribution in [0.15, 0.2) is 60.9 Å². The second kappa shape index (κ2) is 4.56. The predicted molar refractivity (Wildman–Crippen MR) is 78.6 cm³/mol. The average Bonchev–Trinajstić information content (AvgIpc) is 3.14. The van der Waals surface area contributed by atoms with Crippen LogP contribution in [-0.2, 0) is 0 Å². The molecule has 0 radical (unpaired) electrons. The molecule has 0 bridgehead atoms. The van der Waals surface area contributed by atoms with Crippen molar-refractivity contribution in [3.63, 3.8) is 0 Å². The highest BCUT2D eigenvalue weighted by atomic mass is 19.1. The van der Waals surface area contributed by atoms with Crippen LogP contribution in [0.25, 0.3) is 28.1 Å². The Kier molecular flexibility index (Phi) is 2.57. The van der Waals surface area contributed by atoms with Gasteiger partial charge in [0.15, 0.2) is 0 Å². The van der Waals surface area contributed by atoms with Gasteiger partial charge < -0.3 is 4.98 Å². The molecule has 0 aliphatic heterocycles. The van der Waals surface area contributed by atoms with Crippen LogP contribution in [-0.4, -0.2) is 19.7 Å². The van der Waals surface area contributed by atoms with Crippen LogP contribution in [0.5, 0.6) is 0 Å². The summed E-state index contributed by atoms with van der Waals surface area (Å²) in [6.45, 7) is 0. The summed E-state index contributed by atoms with van der Waals surface area (Å²) >= 11 is 0. The van der Waals surface area contributed by atoms with Crippen molar-refractivity contribution in [1.29, 1.82) is 0 Å². The van der Waals surface area contributed by atoms with Gasteiger partial charge in [0.2, 0.25) is 5.95 Å². The summed E-state index contributed by atoms with van der Waals surface area (Å²) in [4.78, 5) is 7.68. The van der Waals surface area contributed by atoms with E-state index in [1.807, 2.05) is 36.5 Å². The van der Waals surface area contributed by atoms with Crippen molar-refractivity contribution in [1.82, 2.24) is 19.7 Å². The van der Waals surface area contributed by atoms with Gasteiger partial charge in [-0.05, 0) is 29.8 Å². The maximum atomic E-state index is 13.3. The van der Waals surface area contributed by atoms with E-state index in [0.29, 0.717) is 5.95 Å². The lowest BCUT2D eigenvalue weighted by Gasteiger charge is -1.96. The Morgan fingerprint density at radius 3 is 2.76 bits per heavy atom. The molecule has 2 aromatic heterocycles. The minimum atomic E-state index is -0.260. The van der Waals surface area contributed by atoms with Crippen molar-refractivity contribution in [2.75, 3.05) is 0 Å². The highest BCUT2D eigenvalue weighted by Gasteiger charge is 2.07. The van der Waals surface area contributed by atoms with E-state index in [0.717, 1.165) is 22.2 Å². The number of rotatable bonds is 2. The number of halogens is 1. The molecule has 21 heavy (non-hydrogen) atoms. The molecule has 0 amide bonds. The highest BCUT2D eigenvalue weighted by Crippen LogP contribution is 2.21. The molecule has 1 N–H and O–H groups in total. The third-order valence-electron chi connectivity index (χ3n) is 3.33. The Hall–Kier alpha value is -2.95. The first-order chi connectivity index (χ1) is 10.3. The van der Waals surface area contributed by atoms with Crippen LogP contribution in [0.4, 0.5) is 4.39 Å². The maximum Gasteiger partial charge on any atom is 0.229 e. The van der Waals surface area contributed by atoms with Crippen LogP contribution in [0, 0.1) is 5.82 Å². The molecule has 0 saturated carbocycles. The zero-order valence-corrected chi connectivity index (χ0v) is 11.0. The van der Waals surface area contributed by atoms with Crippen LogP contribution >= 0.6 is 0 Å². The number of para-hydroxylation sites is 2. The minimum absolute atomic E-state index is 0.260. The number of fused-ring (bicyclic) bond motifs is 1. The van der Waals surface area contributed by atoms with E-state index in [-0.39, 0.29) is 5.82 Å². The first-order valence-corrected chi connectivity index (χ1v) is 6.55. The Morgan fingerprint density at radius 2 is 1.90 bits per heavy atom. The number of imidazole rings is 1. The van der Waals surface area contributed by atoms with Gasteiger partial charge in [-0.2, -0.15) is 5.10 Å². The van der Waals surface area contributed by atoms with E-state index in [4.69, 9.17) is 0 Å². The number of hydrogen-bond donors (Lipinski definition) is 1. The lowest BCUT2D eigenvalue weighted by molar-refractivity contribution is 0.628. The lowest BCUT2D eigenvalue weighted by atomic mass is 10.1. The Balaban J connectivity index is 1.77. The van der Waals surface area contributed by atoms with Crippen molar-refractivity contribution in [2.24, 2.45) is 0 Å². The molecule has 0 spiro atoms. The molecule has 0 unspecified atom stereocenters. The van der Waals surface area contributed by atoms with Gasteiger partial charge in [-0.1, -0.05) is 24.3 Å². The first-order valence-electron chi connectivity index (χ1n) is 6.55. The number of benzene rings is 2. The minimum Gasteiger partial charge on any atom is -0.322 e. The fourth-order valence-corrected chi connectivity index (χ4v) is 2.30. The predicted octanol–water partition coefficient (Wildman–Crippen LogP) is 3.55. The smallest absolute Gasteiger partial charge is 0.229 e. The summed E-state index contributed by atoms with van der Waals surface area (Å²) in [6.07, 6.45) is 3.52. The van der Waals surface area contributed by atoms with Gasteiger partial charge in [0, 0.05) is 11.8 Å². The van der Waals surface area contributed by atoms with E-state index < -0.39 is 0 Å². The van der Waals surface area contributed by atoms with Crippen LogP contribution in [0.2, 0.25) is 0 Å². The van der Waals surface area contributed by atoms with Gasteiger partial charge in [-0.3, -0.25) is 0 Å². The molecule has 102 valence electrons. The molecule has 5 heteroatoms. The van der Waals surface area contributed by atoms with Gasteiger partial charge in [-0.15, -0.1) is 0 Å². The summed E-state index contributed by atoms with van der Waals surface area (Å²) in [6, 6.07) is 14.2. The van der Waals surface area contributed by atoms with E-state index in [1.165, 1.54) is 12.1 Å². The van der Waals surface area contributed by atoms with Gasteiger partial charge in [-0.25, -0.2) is 14.1 Å². The number of nitrogens with one attached hydrogen (secondary N) is 1. The average molecular weight is 278 g/mol. The van der Waals surface area contributed by atoms with Crippen LogP contribution < -0.4 is 0 Å². The summed E-state index contributed by atoms with van der Waals surface area (Å²) in [5, 5.41) is 4.29. The summed E-state index contributed by atoms with van der Waals surface area (Å²) in [5.41, 5.74) is 3.47. The van der Waals surface area contributed by atoms with Crippen LogP contribution in [0.1, 0.15) is 0 Å². The highest BCUT2D eigenvalue weighted by molar-refractivity contribution is 5.76. The lowest BCUT2D eigenvalue weighted by Crippen LogP contribution is -1.95. The molecule has 0 atom stereocenters.